The second-order valence-electron chi connectivity index (χ2n) is 7.03. The number of aromatic nitrogens is 1. The first kappa shape index (κ1) is 16.1. The minimum absolute atomic E-state index is 0.0928. The molecule has 1 aliphatic heterocycles. The Kier molecular flexibility index (Phi) is 3.74. The van der Waals surface area contributed by atoms with Crippen molar-refractivity contribution in [2.75, 3.05) is 13.7 Å². The van der Waals surface area contributed by atoms with E-state index in [1.54, 1.807) is 17.2 Å². The minimum Gasteiger partial charge on any atom is -0.493 e. The van der Waals surface area contributed by atoms with Gasteiger partial charge < -0.3 is 9.64 Å². The smallest absolute Gasteiger partial charge is 0.226 e. The summed E-state index contributed by atoms with van der Waals surface area (Å²) in [5, 5.41) is 0. The zero-order valence-electron chi connectivity index (χ0n) is 14.4. The van der Waals surface area contributed by atoms with E-state index in [4.69, 9.17) is 4.74 Å². The first-order valence-corrected chi connectivity index (χ1v) is 8.63. The Balaban J connectivity index is 1.57. The van der Waals surface area contributed by atoms with Gasteiger partial charge in [-0.05, 0) is 50.1 Å². The van der Waals surface area contributed by atoms with Gasteiger partial charge >= 0.3 is 0 Å². The van der Waals surface area contributed by atoms with Gasteiger partial charge in [-0.1, -0.05) is 6.07 Å². The molecule has 0 unspecified atom stereocenters. The van der Waals surface area contributed by atoms with Crippen molar-refractivity contribution in [1.29, 1.82) is 0 Å². The molecule has 1 aromatic heterocycles. The number of hydrogen-bond acceptors (Lipinski definition) is 3. The second-order valence-corrected chi connectivity index (χ2v) is 7.03. The summed E-state index contributed by atoms with van der Waals surface area (Å²) in [5.41, 5.74) is 1.44. The molecule has 5 heteroatoms. The van der Waals surface area contributed by atoms with Crippen LogP contribution in [0.5, 0.6) is 5.75 Å². The lowest BCUT2D eigenvalue weighted by Crippen LogP contribution is -2.34. The normalized spacial score (nSPS) is 25.0. The molecule has 1 saturated carbocycles. The maximum atomic E-state index is 13.7. The highest BCUT2D eigenvalue weighted by Gasteiger charge is 2.62. The zero-order chi connectivity index (χ0) is 17.6. The molecule has 0 N–H and O–H groups in total. The molecule has 1 fully saturated rings. The maximum absolute atomic E-state index is 13.7. The third-order valence-electron chi connectivity index (χ3n) is 5.70. The van der Waals surface area contributed by atoms with Gasteiger partial charge in [0.05, 0.1) is 18.3 Å². The van der Waals surface area contributed by atoms with E-state index in [2.05, 4.69) is 4.98 Å². The van der Waals surface area contributed by atoms with Crippen molar-refractivity contribution in [2.24, 2.45) is 5.92 Å². The Labute approximate surface area is 146 Å². The second kappa shape index (κ2) is 5.83. The van der Waals surface area contributed by atoms with Crippen LogP contribution < -0.4 is 4.74 Å². The molecule has 0 saturated heterocycles. The summed E-state index contributed by atoms with van der Waals surface area (Å²) in [5.74, 6) is 0.406. The molecule has 0 bridgehead atoms. The summed E-state index contributed by atoms with van der Waals surface area (Å²) in [6, 6.07) is 10.2. The lowest BCUT2D eigenvalue weighted by molar-refractivity contribution is -0.133. The van der Waals surface area contributed by atoms with Gasteiger partial charge in [0.15, 0.2) is 0 Å². The van der Waals surface area contributed by atoms with E-state index in [9.17, 15) is 9.18 Å². The van der Waals surface area contributed by atoms with Crippen LogP contribution in [0.2, 0.25) is 0 Å². The highest BCUT2D eigenvalue weighted by molar-refractivity contribution is 5.85. The number of pyridine rings is 1. The quantitative estimate of drug-likeness (QED) is 0.859. The first-order valence-electron chi connectivity index (χ1n) is 8.63. The number of hydrogen-bond donors (Lipinski definition) is 0. The predicted octanol–water partition coefficient (Wildman–Crippen LogP) is 3.48. The number of nitrogens with zero attached hydrogens (tertiary/aromatic N) is 2. The van der Waals surface area contributed by atoms with Gasteiger partial charge in [0.2, 0.25) is 5.91 Å². The van der Waals surface area contributed by atoms with Crippen LogP contribution in [-0.2, 0) is 10.2 Å². The number of halogens is 1. The van der Waals surface area contributed by atoms with Gasteiger partial charge in [0, 0.05) is 30.1 Å². The first-order chi connectivity index (χ1) is 12.0. The van der Waals surface area contributed by atoms with E-state index in [0.717, 1.165) is 24.1 Å². The van der Waals surface area contributed by atoms with Crippen molar-refractivity contribution >= 4 is 5.91 Å². The Morgan fingerprint density at radius 2 is 2.24 bits per heavy atom. The van der Waals surface area contributed by atoms with Gasteiger partial charge in [-0.25, -0.2) is 4.39 Å². The molecule has 1 aromatic carbocycles. The molecule has 0 radical (unpaired) electrons. The number of amides is 1. The zero-order valence-corrected chi connectivity index (χ0v) is 14.4. The standard InChI is InChI=1S/C20H21FN2O2/c1-13(17-5-3-4-9-22-17)23(2)19(24)16-12-20(16)8-10-25-18-7-6-14(21)11-15(18)20/h3-7,9,11,13,16H,8,10,12H2,1-2H3/t13-,16+,20+/m0/s1. The van der Waals surface area contributed by atoms with E-state index in [1.165, 1.54) is 12.1 Å². The third-order valence-corrected chi connectivity index (χ3v) is 5.70. The Hall–Kier alpha value is -2.43. The minimum atomic E-state index is -0.281. The van der Waals surface area contributed by atoms with Crippen molar-refractivity contribution in [3.8, 4) is 5.75 Å². The van der Waals surface area contributed by atoms with Crippen molar-refractivity contribution in [3.05, 3.63) is 59.7 Å². The molecule has 2 aliphatic rings. The molecular formula is C20H21FN2O2. The molecule has 4 nitrogen and oxygen atoms in total. The van der Waals surface area contributed by atoms with Crippen molar-refractivity contribution < 1.29 is 13.9 Å². The monoisotopic (exact) mass is 340 g/mol. The molecule has 1 aliphatic carbocycles. The average Bonchev–Trinajstić information content (AvgIpc) is 3.36. The number of ether oxygens (including phenoxy) is 1. The fraction of sp³-hybridized carbons (Fsp3) is 0.400. The molecule has 2 aromatic rings. The predicted molar refractivity (Wildman–Crippen MR) is 91.7 cm³/mol. The van der Waals surface area contributed by atoms with Crippen LogP contribution in [0.1, 0.15) is 37.1 Å². The summed E-state index contributed by atoms with van der Waals surface area (Å²) in [6.07, 6.45) is 3.25. The highest BCUT2D eigenvalue weighted by Crippen LogP contribution is 2.61. The molecule has 4 rings (SSSR count). The number of carbonyl (C=O) groups excluding carboxylic acids is 1. The third kappa shape index (κ3) is 2.58. The van der Waals surface area contributed by atoms with Gasteiger partial charge in [-0.15, -0.1) is 0 Å². The van der Waals surface area contributed by atoms with Gasteiger partial charge in [0.25, 0.3) is 0 Å². The SMILES string of the molecule is C[C@@H](c1ccccn1)N(C)C(=O)[C@H]1C[C@@]12CCOc1ccc(F)cc12. The van der Waals surface area contributed by atoms with E-state index in [-0.39, 0.29) is 29.1 Å². The number of carbonyl (C=O) groups is 1. The molecular weight excluding hydrogens is 319 g/mol. The summed E-state index contributed by atoms with van der Waals surface area (Å²) in [4.78, 5) is 19.2. The van der Waals surface area contributed by atoms with Crippen molar-refractivity contribution in [2.45, 2.75) is 31.2 Å². The van der Waals surface area contributed by atoms with Crippen LogP contribution in [0.25, 0.3) is 0 Å². The fourth-order valence-electron chi connectivity index (χ4n) is 3.96. The molecule has 1 spiro atoms. The molecule has 2 heterocycles. The fourth-order valence-corrected chi connectivity index (χ4v) is 3.96. The number of rotatable bonds is 3. The van der Waals surface area contributed by atoms with Crippen LogP contribution in [0.3, 0.4) is 0 Å². The van der Waals surface area contributed by atoms with Crippen LogP contribution in [0, 0.1) is 11.7 Å². The van der Waals surface area contributed by atoms with Gasteiger partial charge in [0.1, 0.15) is 11.6 Å². The Morgan fingerprint density at radius 3 is 3.00 bits per heavy atom. The molecule has 3 atom stereocenters. The van der Waals surface area contributed by atoms with Crippen molar-refractivity contribution in [3.63, 3.8) is 0 Å². The van der Waals surface area contributed by atoms with Crippen molar-refractivity contribution in [1.82, 2.24) is 9.88 Å². The summed E-state index contributed by atoms with van der Waals surface area (Å²) >= 11 is 0. The van der Waals surface area contributed by atoms with Crippen LogP contribution in [0.4, 0.5) is 4.39 Å². The summed E-state index contributed by atoms with van der Waals surface area (Å²) < 4.78 is 19.4. The summed E-state index contributed by atoms with van der Waals surface area (Å²) in [7, 11) is 1.82. The van der Waals surface area contributed by atoms with Crippen LogP contribution in [0.15, 0.2) is 42.6 Å². The van der Waals surface area contributed by atoms with Gasteiger partial charge in [-0.3, -0.25) is 9.78 Å². The average molecular weight is 340 g/mol. The van der Waals surface area contributed by atoms with E-state index >= 15 is 0 Å². The van der Waals surface area contributed by atoms with E-state index in [1.807, 2.05) is 32.2 Å². The Morgan fingerprint density at radius 1 is 1.40 bits per heavy atom. The molecule has 1 amide bonds. The topological polar surface area (TPSA) is 42.4 Å². The molecule has 25 heavy (non-hydrogen) atoms. The largest absolute Gasteiger partial charge is 0.493 e. The molecule has 130 valence electrons. The lowest BCUT2D eigenvalue weighted by Gasteiger charge is -2.29. The lowest BCUT2D eigenvalue weighted by atomic mass is 9.87. The van der Waals surface area contributed by atoms with E-state index in [0.29, 0.717) is 12.4 Å². The Bertz CT molecular complexity index is 811. The van der Waals surface area contributed by atoms with Crippen LogP contribution in [-0.4, -0.2) is 29.4 Å². The number of fused-ring (bicyclic) bond motifs is 2. The van der Waals surface area contributed by atoms with Gasteiger partial charge in [-0.2, -0.15) is 0 Å². The van der Waals surface area contributed by atoms with E-state index < -0.39 is 0 Å². The number of benzene rings is 1. The van der Waals surface area contributed by atoms with Crippen LogP contribution >= 0.6 is 0 Å². The highest BCUT2D eigenvalue weighted by atomic mass is 19.1. The summed E-state index contributed by atoms with van der Waals surface area (Å²) in [6.45, 7) is 2.55. The maximum Gasteiger partial charge on any atom is 0.226 e.